The molecule has 1 fully saturated rings. The summed E-state index contributed by atoms with van der Waals surface area (Å²) < 4.78 is 5.68. The van der Waals surface area contributed by atoms with Crippen molar-refractivity contribution in [3.8, 4) is 0 Å². The highest BCUT2D eigenvalue weighted by Crippen LogP contribution is 2.26. The first-order chi connectivity index (χ1) is 10.0. The molecule has 0 spiro atoms. The van der Waals surface area contributed by atoms with E-state index in [1.807, 2.05) is 11.9 Å². The van der Waals surface area contributed by atoms with Gasteiger partial charge in [-0.2, -0.15) is 4.98 Å². The molecule has 1 aromatic carbocycles. The number of nitrogens with zero attached hydrogens (tertiary/aromatic N) is 4. The van der Waals surface area contributed by atoms with Crippen LogP contribution in [-0.2, 0) is 0 Å². The van der Waals surface area contributed by atoms with Gasteiger partial charge in [0.05, 0.1) is 4.92 Å². The van der Waals surface area contributed by atoms with Crippen molar-refractivity contribution >= 4 is 22.8 Å². The summed E-state index contributed by atoms with van der Waals surface area (Å²) >= 11 is 0. The number of likely N-dealkylation sites (tertiary alicyclic amines) is 1. The van der Waals surface area contributed by atoms with Crippen LogP contribution in [0.1, 0.15) is 6.42 Å². The van der Waals surface area contributed by atoms with E-state index in [4.69, 9.17) is 4.42 Å². The first-order valence-electron chi connectivity index (χ1n) is 6.97. The molecule has 1 aliphatic rings. The van der Waals surface area contributed by atoms with E-state index in [9.17, 15) is 10.1 Å². The summed E-state index contributed by atoms with van der Waals surface area (Å²) in [6.45, 7) is 3.08. The fourth-order valence-corrected chi connectivity index (χ4v) is 2.82. The fraction of sp³-hybridized carbons (Fsp3) is 0.500. The zero-order chi connectivity index (χ0) is 15.0. The Morgan fingerprint density at radius 2 is 2.38 bits per heavy atom. The lowest BCUT2D eigenvalue weighted by Crippen LogP contribution is -2.27. The Morgan fingerprint density at radius 3 is 3.05 bits per heavy atom. The van der Waals surface area contributed by atoms with Crippen LogP contribution in [-0.4, -0.2) is 48.5 Å². The largest absolute Gasteiger partial charge is 0.423 e. The van der Waals surface area contributed by atoms with Crippen molar-refractivity contribution in [1.82, 2.24) is 9.88 Å². The van der Waals surface area contributed by atoms with Gasteiger partial charge in [-0.15, -0.1) is 0 Å². The third-order valence-corrected chi connectivity index (χ3v) is 3.92. The van der Waals surface area contributed by atoms with E-state index >= 15 is 0 Å². The zero-order valence-electron chi connectivity index (χ0n) is 12.2. The Balaban J connectivity index is 1.78. The number of hydrogen-bond donors (Lipinski definition) is 0. The van der Waals surface area contributed by atoms with Crippen molar-refractivity contribution in [2.45, 2.75) is 6.42 Å². The van der Waals surface area contributed by atoms with Crippen molar-refractivity contribution < 1.29 is 9.34 Å². The molecule has 1 saturated heterocycles. The van der Waals surface area contributed by atoms with Crippen molar-refractivity contribution in [2.24, 2.45) is 5.92 Å². The molecule has 21 heavy (non-hydrogen) atoms. The summed E-state index contributed by atoms with van der Waals surface area (Å²) in [5.41, 5.74) is 1.13. The molecule has 1 aliphatic heterocycles. The van der Waals surface area contributed by atoms with E-state index in [1.165, 1.54) is 18.6 Å². The number of non-ortho nitro benzene ring substituents is 1. The average molecular weight is 290 g/mol. The van der Waals surface area contributed by atoms with Crippen LogP contribution in [0.15, 0.2) is 22.6 Å². The van der Waals surface area contributed by atoms with Gasteiger partial charge in [-0.3, -0.25) is 10.1 Å². The summed E-state index contributed by atoms with van der Waals surface area (Å²) in [7, 11) is 4.07. The Morgan fingerprint density at radius 1 is 1.57 bits per heavy atom. The quantitative estimate of drug-likeness (QED) is 0.634. The lowest BCUT2D eigenvalue weighted by Gasteiger charge is -2.18. The SMILES string of the molecule is CN1CCC(CN(C)c2nc3cc([N+](=O)[O-])ccc3o2)C1. The molecule has 2 aromatic rings. The van der Waals surface area contributed by atoms with Gasteiger partial charge < -0.3 is 14.2 Å². The molecule has 112 valence electrons. The minimum absolute atomic E-state index is 0.0300. The second-order valence-electron chi connectivity index (χ2n) is 5.70. The van der Waals surface area contributed by atoms with Gasteiger partial charge >= 0.3 is 0 Å². The number of aromatic nitrogens is 1. The highest BCUT2D eigenvalue weighted by Gasteiger charge is 2.22. The number of fused-ring (bicyclic) bond motifs is 1. The molecular formula is C14H18N4O3. The standard InChI is InChI=1S/C14H18N4O3/c1-16-6-5-10(8-16)9-17(2)14-15-12-7-11(18(19)20)3-4-13(12)21-14/h3-4,7,10H,5-6,8-9H2,1-2H3. The maximum absolute atomic E-state index is 10.8. The van der Waals surface area contributed by atoms with Crippen LogP contribution >= 0.6 is 0 Å². The van der Waals surface area contributed by atoms with Crippen molar-refractivity contribution in [1.29, 1.82) is 0 Å². The maximum atomic E-state index is 10.8. The number of nitro groups is 1. The average Bonchev–Trinajstić information content (AvgIpc) is 3.03. The summed E-state index contributed by atoms with van der Waals surface area (Å²) in [5.74, 6) is 0.601. The molecule has 0 saturated carbocycles. The summed E-state index contributed by atoms with van der Waals surface area (Å²) in [5, 5.41) is 10.8. The molecular weight excluding hydrogens is 272 g/mol. The highest BCUT2D eigenvalue weighted by molar-refractivity contribution is 5.77. The zero-order valence-corrected chi connectivity index (χ0v) is 12.2. The first-order valence-corrected chi connectivity index (χ1v) is 6.97. The van der Waals surface area contributed by atoms with E-state index < -0.39 is 4.92 Å². The van der Waals surface area contributed by atoms with Crippen LogP contribution in [0.25, 0.3) is 11.1 Å². The number of nitro benzene ring substituents is 1. The number of hydrogen-bond acceptors (Lipinski definition) is 6. The van der Waals surface area contributed by atoms with Crippen molar-refractivity contribution in [3.63, 3.8) is 0 Å². The van der Waals surface area contributed by atoms with Crippen LogP contribution < -0.4 is 4.90 Å². The van der Waals surface area contributed by atoms with Gasteiger partial charge in [0, 0.05) is 32.3 Å². The molecule has 0 amide bonds. The van der Waals surface area contributed by atoms with E-state index in [1.54, 1.807) is 6.07 Å². The molecule has 0 bridgehead atoms. The van der Waals surface area contributed by atoms with Gasteiger partial charge in [0.1, 0.15) is 5.52 Å². The second-order valence-corrected chi connectivity index (χ2v) is 5.70. The van der Waals surface area contributed by atoms with Crippen LogP contribution in [0, 0.1) is 16.0 Å². The maximum Gasteiger partial charge on any atom is 0.298 e. The lowest BCUT2D eigenvalue weighted by molar-refractivity contribution is -0.384. The van der Waals surface area contributed by atoms with Gasteiger partial charge in [0.25, 0.3) is 11.7 Å². The molecule has 1 atom stereocenters. The topological polar surface area (TPSA) is 75.7 Å². The number of anilines is 1. The summed E-state index contributed by atoms with van der Waals surface area (Å²) in [6, 6.07) is 4.99. The van der Waals surface area contributed by atoms with Crippen molar-refractivity contribution in [2.75, 3.05) is 38.6 Å². The molecule has 7 heteroatoms. The van der Waals surface area contributed by atoms with Gasteiger partial charge in [-0.1, -0.05) is 0 Å². The van der Waals surface area contributed by atoms with E-state index in [0.717, 1.165) is 19.6 Å². The van der Waals surface area contributed by atoms with E-state index in [2.05, 4.69) is 16.9 Å². The van der Waals surface area contributed by atoms with Crippen molar-refractivity contribution in [3.05, 3.63) is 28.3 Å². The molecule has 7 nitrogen and oxygen atoms in total. The predicted molar refractivity (Wildman–Crippen MR) is 79.5 cm³/mol. The smallest absolute Gasteiger partial charge is 0.298 e. The number of benzene rings is 1. The minimum atomic E-state index is -0.425. The fourth-order valence-electron chi connectivity index (χ4n) is 2.82. The van der Waals surface area contributed by atoms with Gasteiger partial charge in [-0.05, 0) is 32.0 Å². The third-order valence-electron chi connectivity index (χ3n) is 3.92. The van der Waals surface area contributed by atoms with Crippen LogP contribution in [0.4, 0.5) is 11.7 Å². The van der Waals surface area contributed by atoms with Gasteiger partial charge in [0.15, 0.2) is 5.58 Å². The molecule has 0 N–H and O–H groups in total. The Labute approximate surface area is 122 Å². The van der Waals surface area contributed by atoms with Gasteiger partial charge in [-0.25, -0.2) is 0 Å². The monoisotopic (exact) mass is 290 g/mol. The lowest BCUT2D eigenvalue weighted by atomic mass is 10.1. The van der Waals surface area contributed by atoms with E-state index in [0.29, 0.717) is 23.0 Å². The highest BCUT2D eigenvalue weighted by atomic mass is 16.6. The Hall–Kier alpha value is -2.15. The third kappa shape index (κ3) is 2.82. The molecule has 1 aromatic heterocycles. The minimum Gasteiger partial charge on any atom is -0.423 e. The Bertz CT molecular complexity index is 669. The number of oxazole rings is 1. The summed E-state index contributed by atoms with van der Waals surface area (Å²) in [4.78, 5) is 19.0. The van der Waals surface area contributed by atoms with Crippen LogP contribution in [0.5, 0.6) is 0 Å². The molecule has 1 unspecified atom stereocenters. The van der Waals surface area contributed by atoms with Crippen LogP contribution in [0.2, 0.25) is 0 Å². The second kappa shape index (κ2) is 5.33. The molecule has 0 radical (unpaired) electrons. The van der Waals surface area contributed by atoms with Gasteiger partial charge in [0.2, 0.25) is 0 Å². The molecule has 0 aliphatic carbocycles. The first kappa shape index (κ1) is 13.8. The van der Waals surface area contributed by atoms with E-state index in [-0.39, 0.29) is 5.69 Å². The predicted octanol–water partition coefficient (Wildman–Crippen LogP) is 2.12. The Kier molecular flexibility index (Phi) is 3.50. The molecule has 2 heterocycles. The molecule has 3 rings (SSSR count). The normalized spacial score (nSPS) is 19.2. The summed E-state index contributed by atoms with van der Waals surface area (Å²) in [6.07, 6.45) is 1.17. The number of rotatable bonds is 4. The van der Waals surface area contributed by atoms with Crippen LogP contribution in [0.3, 0.4) is 0 Å².